The Morgan fingerprint density at radius 2 is 1.93 bits per heavy atom. The summed E-state index contributed by atoms with van der Waals surface area (Å²) in [5.41, 5.74) is 4.22. The average molecular weight is 378 g/mol. The quantitative estimate of drug-likeness (QED) is 0.718. The number of methoxy groups -OCH3 is 2. The largest absolute Gasteiger partial charge is 0.497 e. The Bertz CT molecular complexity index is 1010. The normalized spacial score (nSPS) is 16.5. The van der Waals surface area contributed by atoms with Crippen LogP contribution < -0.4 is 9.47 Å². The van der Waals surface area contributed by atoms with Gasteiger partial charge in [-0.25, -0.2) is 0 Å². The van der Waals surface area contributed by atoms with Gasteiger partial charge in [0.1, 0.15) is 11.5 Å². The molecule has 146 valence electrons. The number of nitrogens with zero attached hydrogens (tertiary/aromatic N) is 1. The number of H-pyrrole nitrogens is 1. The van der Waals surface area contributed by atoms with Gasteiger partial charge in [0.2, 0.25) is 0 Å². The van der Waals surface area contributed by atoms with Crippen molar-refractivity contribution in [3.05, 3.63) is 59.3 Å². The molecule has 5 heteroatoms. The van der Waals surface area contributed by atoms with Crippen LogP contribution in [0.5, 0.6) is 11.5 Å². The van der Waals surface area contributed by atoms with Gasteiger partial charge in [-0.1, -0.05) is 6.07 Å². The molecule has 2 heterocycles. The van der Waals surface area contributed by atoms with Crippen molar-refractivity contribution < 1.29 is 14.3 Å². The first-order valence-electron chi connectivity index (χ1n) is 9.71. The Morgan fingerprint density at radius 3 is 2.71 bits per heavy atom. The number of carbonyl (C=O) groups excluding carboxylic acids is 1. The number of rotatable bonds is 5. The minimum Gasteiger partial charge on any atom is -0.497 e. The summed E-state index contributed by atoms with van der Waals surface area (Å²) >= 11 is 0. The lowest BCUT2D eigenvalue weighted by Gasteiger charge is -2.25. The van der Waals surface area contributed by atoms with E-state index in [-0.39, 0.29) is 11.9 Å². The van der Waals surface area contributed by atoms with Crippen LogP contribution in [0.4, 0.5) is 0 Å². The van der Waals surface area contributed by atoms with Crippen LogP contribution in [-0.2, 0) is 6.42 Å². The van der Waals surface area contributed by atoms with Gasteiger partial charge in [0.15, 0.2) is 0 Å². The van der Waals surface area contributed by atoms with E-state index in [2.05, 4.69) is 24.0 Å². The molecule has 1 aromatic heterocycles. The number of aromatic amines is 1. The first kappa shape index (κ1) is 18.4. The van der Waals surface area contributed by atoms with Gasteiger partial charge >= 0.3 is 0 Å². The number of fused-ring (bicyclic) bond motifs is 1. The molecule has 5 nitrogen and oxygen atoms in total. The standard InChI is InChI=1S/C23H26N2O3/c1-15-20(21-14-19(28-3)9-10-22(21)24-15)13-17-7-5-11-25(17)23(26)16-6-4-8-18(12-16)27-2/h4,6,8-10,12,14,17,24H,5,7,11,13H2,1-3H3. The first-order valence-corrected chi connectivity index (χ1v) is 9.71. The Kier molecular flexibility index (Phi) is 4.99. The van der Waals surface area contributed by atoms with Crippen molar-refractivity contribution in [1.82, 2.24) is 9.88 Å². The summed E-state index contributed by atoms with van der Waals surface area (Å²) in [6.07, 6.45) is 2.89. The molecule has 3 aromatic rings. The average Bonchev–Trinajstić information content (AvgIpc) is 3.31. The van der Waals surface area contributed by atoms with Crippen LogP contribution in [0.15, 0.2) is 42.5 Å². The zero-order valence-corrected chi connectivity index (χ0v) is 16.6. The van der Waals surface area contributed by atoms with E-state index in [1.807, 2.05) is 35.2 Å². The van der Waals surface area contributed by atoms with E-state index in [1.165, 1.54) is 10.9 Å². The summed E-state index contributed by atoms with van der Waals surface area (Å²) in [7, 11) is 3.31. The smallest absolute Gasteiger partial charge is 0.254 e. The van der Waals surface area contributed by atoms with Crippen LogP contribution in [0.25, 0.3) is 10.9 Å². The topological polar surface area (TPSA) is 54.6 Å². The highest BCUT2D eigenvalue weighted by Crippen LogP contribution is 2.31. The van der Waals surface area contributed by atoms with Crippen LogP contribution in [0.3, 0.4) is 0 Å². The lowest BCUT2D eigenvalue weighted by atomic mass is 10.0. The van der Waals surface area contributed by atoms with Gasteiger partial charge < -0.3 is 19.4 Å². The van der Waals surface area contributed by atoms with Gasteiger partial charge in [0, 0.05) is 34.7 Å². The van der Waals surface area contributed by atoms with Crippen molar-refractivity contribution in [3.63, 3.8) is 0 Å². The van der Waals surface area contributed by atoms with Crippen molar-refractivity contribution in [2.24, 2.45) is 0 Å². The van der Waals surface area contributed by atoms with E-state index in [1.54, 1.807) is 14.2 Å². The predicted octanol–water partition coefficient (Wildman–Crippen LogP) is 4.34. The molecule has 0 bridgehead atoms. The van der Waals surface area contributed by atoms with Crippen molar-refractivity contribution >= 4 is 16.8 Å². The number of carbonyl (C=O) groups is 1. The van der Waals surface area contributed by atoms with Crippen LogP contribution in [0.2, 0.25) is 0 Å². The maximum absolute atomic E-state index is 13.1. The monoisotopic (exact) mass is 378 g/mol. The van der Waals surface area contributed by atoms with E-state index in [0.717, 1.165) is 42.8 Å². The molecule has 1 N–H and O–H groups in total. The van der Waals surface area contributed by atoms with Gasteiger partial charge in [-0.15, -0.1) is 0 Å². The molecule has 1 aliphatic rings. The summed E-state index contributed by atoms with van der Waals surface area (Å²) < 4.78 is 10.7. The molecule has 2 aromatic carbocycles. The molecule has 1 aliphatic heterocycles. The number of likely N-dealkylation sites (tertiary alicyclic amines) is 1. The molecular weight excluding hydrogens is 352 g/mol. The number of benzene rings is 2. The van der Waals surface area contributed by atoms with Gasteiger partial charge in [-0.05, 0) is 68.1 Å². The van der Waals surface area contributed by atoms with Crippen molar-refractivity contribution in [3.8, 4) is 11.5 Å². The number of aromatic nitrogens is 1. The molecule has 4 rings (SSSR count). The lowest BCUT2D eigenvalue weighted by molar-refractivity contribution is 0.0736. The fraction of sp³-hybridized carbons (Fsp3) is 0.348. The molecule has 0 aliphatic carbocycles. The van der Waals surface area contributed by atoms with E-state index in [4.69, 9.17) is 9.47 Å². The van der Waals surface area contributed by atoms with E-state index in [0.29, 0.717) is 11.3 Å². The summed E-state index contributed by atoms with van der Waals surface area (Å²) in [6.45, 7) is 2.90. The third kappa shape index (κ3) is 3.33. The van der Waals surface area contributed by atoms with Crippen LogP contribution in [0.1, 0.15) is 34.5 Å². The number of nitrogens with one attached hydrogen (secondary N) is 1. The number of ether oxygens (including phenoxy) is 2. The molecule has 1 atom stereocenters. The van der Waals surface area contributed by atoms with E-state index in [9.17, 15) is 4.79 Å². The lowest BCUT2D eigenvalue weighted by Crippen LogP contribution is -2.36. The maximum Gasteiger partial charge on any atom is 0.254 e. The van der Waals surface area contributed by atoms with Gasteiger partial charge in [0.25, 0.3) is 5.91 Å². The Labute approximate surface area is 165 Å². The Morgan fingerprint density at radius 1 is 1.14 bits per heavy atom. The summed E-state index contributed by atoms with van der Waals surface area (Å²) in [5, 5.41) is 1.18. The van der Waals surface area contributed by atoms with Crippen molar-refractivity contribution in [1.29, 1.82) is 0 Å². The highest BCUT2D eigenvalue weighted by Gasteiger charge is 2.30. The zero-order chi connectivity index (χ0) is 19.7. The predicted molar refractivity (Wildman–Crippen MR) is 110 cm³/mol. The molecule has 1 fully saturated rings. The molecule has 28 heavy (non-hydrogen) atoms. The van der Waals surface area contributed by atoms with Crippen LogP contribution >= 0.6 is 0 Å². The number of aryl methyl sites for hydroxylation is 1. The maximum atomic E-state index is 13.1. The second-order valence-electron chi connectivity index (χ2n) is 7.37. The minimum absolute atomic E-state index is 0.0801. The van der Waals surface area contributed by atoms with Gasteiger partial charge in [0.05, 0.1) is 14.2 Å². The number of hydrogen-bond donors (Lipinski definition) is 1. The molecule has 0 spiro atoms. The molecular formula is C23H26N2O3. The second-order valence-corrected chi connectivity index (χ2v) is 7.37. The third-order valence-electron chi connectivity index (χ3n) is 5.72. The number of amides is 1. The fourth-order valence-corrected chi connectivity index (χ4v) is 4.22. The second kappa shape index (κ2) is 7.58. The highest BCUT2D eigenvalue weighted by molar-refractivity contribution is 5.95. The summed E-state index contributed by atoms with van der Waals surface area (Å²) in [5.74, 6) is 1.64. The zero-order valence-electron chi connectivity index (χ0n) is 16.6. The Hall–Kier alpha value is -2.95. The van der Waals surface area contributed by atoms with Gasteiger partial charge in [-0.3, -0.25) is 4.79 Å². The SMILES string of the molecule is COc1cccc(C(=O)N2CCCC2Cc2c(C)[nH]c3ccc(OC)cc23)c1. The molecule has 1 saturated heterocycles. The number of hydrogen-bond acceptors (Lipinski definition) is 3. The molecule has 0 radical (unpaired) electrons. The molecule has 1 unspecified atom stereocenters. The molecule has 1 amide bonds. The minimum atomic E-state index is 0.0801. The highest BCUT2D eigenvalue weighted by atomic mass is 16.5. The van der Waals surface area contributed by atoms with E-state index < -0.39 is 0 Å². The van der Waals surface area contributed by atoms with Crippen molar-refractivity contribution in [2.75, 3.05) is 20.8 Å². The van der Waals surface area contributed by atoms with E-state index >= 15 is 0 Å². The summed E-state index contributed by atoms with van der Waals surface area (Å²) in [6, 6.07) is 13.7. The Balaban J connectivity index is 1.61. The van der Waals surface area contributed by atoms with Crippen molar-refractivity contribution in [2.45, 2.75) is 32.2 Å². The van der Waals surface area contributed by atoms with Gasteiger partial charge in [-0.2, -0.15) is 0 Å². The van der Waals surface area contributed by atoms with Crippen LogP contribution in [-0.4, -0.2) is 42.6 Å². The van der Waals surface area contributed by atoms with Crippen LogP contribution in [0, 0.1) is 6.92 Å². The molecule has 0 saturated carbocycles. The third-order valence-corrected chi connectivity index (χ3v) is 5.72. The first-order chi connectivity index (χ1) is 13.6. The fourth-order valence-electron chi connectivity index (χ4n) is 4.22. The summed E-state index contributed by atoms with van der Waals surface area (Å²) in [4.78, 5) is 18.6.